The number of benzene rings is 1. The fourth-order valence-electron chi connectivity index (χ4n) is 2.70. The quantitative estimate of drug-likeness (QED) is 0.867. The maximum absolute atomic E-state index is 12.4. The molecule has 0 saturated carbocycles. The van der Waals surface area contributed by atoms with Crippen LogP contribution in [0.2, 0.25) is 0 Å². The minimum Gasteiger partial charge on any atom is -0.510 e. The van der Waals surface area contributed by atoms with Crippen molar-refractivity contribution < 1.29 is 9.90 Å². The van der Waals surface area contributed by atoms with Crippen molar-refractivity contribution >= 4 is 12.0 Å². The van der Waals surface area contributed by atoms with E-state index >= 15 is 0 Å². The van der Waals surface area contributed by atoms with E-state index in [-0.39, 0.29) is 35.5 Å². The van der Waals surface area contributed by atoms with Gasteiger partial charge in [0, 0.05) is 24.6 Å². The molecule has 1 aliphatic carbocycles. The van der Waals surface area contributed by atoms with Crippen LogP contribution in [0, 0.1) is 16.7 Å². The molecule has 22 heavy (non-hydrogen) atoms. The summed E-state index contributed by atoms with van der Waals surface area (Å²) in [6.07, 6.45) is 1.59. The maximum atomic E-state index is 12.4. The molecule has 0 radical (unpaired) electrons. The third-order valence-electron chi connectivity index (χ3n) is 4.07. The van der Waals surface area contributed by atoms with Gasteiger partial charge in [0.1, 0.15) is 11.2 Å². The van der Waals surface area contributed by atoms with Crippen LogP contribution in [0.15, 0.2) is 46.7 Å². The van der Waals surface area contributed by atoms with Crippen LogP contribution in [0.5, 0.6) is 0 Å². The fourth-order valence-corrected chi connectivity index (χ4v) is 2.70. The topological polar surface area (TPSA) is 73.5 Å². The summed E-state index contributed by atoms with van der Waals surface area (Å²) in [5.41, 5.74) is -0.0932. The lowest BCUT2D eigenvalue weighted by molar-refractivity contribution is -0.116. The van der Waals surface area contributed by atoms with Crippen LogP contribution in [0.1, 0.15) is 38.7 Å². The second kappa shape index (κ2) is 6.15. The second-order valence-corrected chi connectivity index (χ2v) is 6.04. The molecular formula is C18H20N2O2. The average Bonchev–Trinajstić information content (AvgIpc) is 2.51. The number of hydrogen-bond donors (Lipinski definition) is 1. The number of ketones is 1. The summed E-state index contributed by atoms with van der Waals surface area (Å²) >= 11 is 0. The molecule has 4 nitrogen and oxygen atoms in total. The summed E-state index contributed by atoms with van der Waals surface area (Å²) in [6, 6.07) is 11.6. The fraction of sp³-hybridized carbons (Fsp3) is 0.389. The number of carbonyl (C=O) groups excluding carboxylic acids is 1. The SMILES string of the molecule is CC(C)N=CC1=C(O)C(C)(C#N)C(c2ccccc2)CC1=O. The van der Waals surface area contributed by atoms with Gasteiger partial charge in [0.15, 0.2) is 5.78 Å². The number of aliphatic hydroxyl groups is 1. The van der Waals surface area contributed by atoms with E-state index in [1.165, 1.54) is 6.21 Å². The Labute approximate surface area is 130 Å². The van der Waals surface area contributed by atoms with Crippen molar-refractivity contribution in [1.82, 2.24) is 0 Å². The smallest absolute Gasteiger partial charge is 0.168 e. The molecule has 0 aromatic heterocycles. The van der Waals surface area contributed by atoms with Gasteiger partial charge in [-0.15, -0.1) is 0 Å². The Morgan fingerprint density at radius 3 is 2.59 bits per heavy atom. The molecule has 114 valence electrons. The number of hydrogen-bond acceptors (Lipinski definition) is 4. The number of Topliss-reactive ketones (excluding diaryl/α,β-unsaturated/α-hetero) is 1. The van der Waals surface area contributed by atoms with Crippen LogP contribution >= 0.6 is 0 Å². The number of nitrogens with zero attached hydrogens (tertiary/aromatic N) is 2. The van der Waals surface area contributed by atoms with Gasteiger partial charge in [-0.05, 0) is 26.3 Å². The third-order valence-corrected chi connectivity index (χ3v) is 4.07. The summed E-state index contributed by atoms with van der Waals surface area (Å²) in [5.74, 6) is -0.713. The van der Waals surface area contributed by atoms with E-state index in [1.54, 1.807) is 6.92 Å². The minimum atomic E-state index is -1.13. The normalized spacial score (nSPS) is 25.8. The summed E-state index contributed by atoms with van der Waals surface area (Å²) in [7, 11) is 0. The summed E-state index contributed by atoms with van der Waals surface area (Å²) in [6.45, 7) is 5.45. The van der Waals surface area contributed by atoms with E-state index in [9.17, 15) is 15.2 Å². The average molecular weight is 296 g/mol. The molecular weight excluding hydrogens is 276 g/mol. The first-order valence-electron chi connectivity index (χ1n) is 7.36. The summed E-state index contributed by atoms with van der Waals surface area (Å²) in [5, 5.41) is 20.2. The van der Waals surface area contributed by atoms with Gasteiger partial charge in [0.25, 0.3) is 0 Å². The van der Waals surface area contributed by atoms with E-state index in [2.05, 4.69) is 11.1 Å². The molecule has 0 heterocycles. The molecule has 2 rings (SSSR count). The van der Waals surface area contributed by atoms with Gasteiger partial charge in [-0.3, -0.25) is 9.79 Å². The van der Waals surface area contributed by atoms with Crippen LogP contribution in [-0.4, -0.2) is 23.1 Å². The van der Waals surface area contributed by atoms with Crippen molar-refractivity contribution in [1.29, 1.82) is 5.26 Å². The monoisotopic (exact) mass is 296 g/mol. The molecule has 0 bridgehead atoms. The van der Waals surface area contributed by atoms with Gasteiger partial charge in [-0.2, -0.15) is 5.26 Å². The summed E-state index contributed by atoms with van der Waals surface area (Å²) < 4.78 is 0. The Kier molecular flexibility index (Phi) is 4.46. The van der Waals surface area contributed by atoms with E-state index in [0.717, 1.165) is 5.56 Å². The highest BCUT2D eigenvalue weighted by molar-refractivity contribution is 6.15. The van der Waals surface area contributed by atoms with E-state index in [4.69, 9.17) is 0 Å². The third kappa shape index (κ3) is 2.80. The van der Waals surface area contributed by atoms with Crippen molar-refractivity contribution in [3.05, 3.63) is 47.2 Å². The Bertz CT molecular complexity index is 668. The zero-order chi connectivity index (χ0) is 16.3. The van der Waals surface area contributed by atoms with Gasteiger partial charge < -0.3 is 5.11 Å². The molecule has 0 spiro atoms. The molecule has 0 saturated heterocycles. The van der Waals surface area contributed by atoms with Crippen molar-refractivity contribution in [2.24, 2.45) is 10.4 Å². The van der Waals surface area contributed by atoms with Crippen LogP contribution in [0.4, 0.5) is 0 Å². The highest BCUT2D eigenvalue weighted by Crippen LogP contribution is 2.47. The Balaban J connectivity index is 2.53. The van der Waals surface area contributed by atoms with Crippen molar-refractivity contribution in [2.75, 3.05) is 0 Å². The standard InChI is InChI=1S/C18H20N2O2/c1-12(2)20-10-14-16(21)9-15(13-7-5-4-6-8-13)18(3,11-19)17(14)22/h4-8,10,12,15,22H,9H2,1-3H3. The second-order valence-electron chi connectivity index (χ2n) is 6.04. The highest BCUT2D eigenvalue weighted by atomic mass is 16.3. The minimum absolute atomic E-state index is 0.0216. The molecule has 0 fully saturated rings. The van der Waals surface area contributed by atoms with Gasteiger partial charge >= 0.3 is 0 Å². The number of allylic oxidation sites excluding steroid dienone is 2. The zero-order valence-corrected chi connectivity index (χ0v) is 13.1. The molecule has 2 unspecified atom stereocenters. The molecule has 0 amide bonds. The van der Waals surface area contributed by atoms with Crippen molar-refractivity contribution in [3.63, 3.8) is 0 Å². The van der Waals surface area contributed by atoms with Crippen molar-refractivity contribution in [3.8, 4) is 6.07 Å². The van der Waals surface area contributed by atoms with E-state index in [0.29, 0.717) is 0 Å². The van der Waals surface area contributed by atoms with Crippen LogP contribution in [0.25, 0.3) is 0 Å². The first kappa shape index (κ1) is 16.0. The number of rotatable bonds is 3. The molecule has 2 atom stereocenters. The van der Waals surface area contributed by atoms with Gasteiger partial charge in [-0.1, -0.05) is 30.3 Å². The predicted octanol–water partition coefficient (Wildman–Crippen LogP) is 3.56. The molecule has 1 aromatic rings. The Morgan fingerprint density at radius 2 is 2.05 bits per heavy atom. The van der Waals surface area contributed by atoms with Gasteiger partial charge in [0.05, 0.1) is 11.6 Å². The zero-order valence-electron chi connectivity index (χ0n) is 13.1. The van der Waals surface area contributed by atoms with Crippen LogP contribution < -0.4 is 0 Å². The summed E-state index contributed by atoms with van der Waals surface area (Å²) in [4.78, 5) is 16.6. The largest absolute Gasteiger partial charge is 0.510 e. The number of carbonyl (C=O) groups is 1. The lowest BCUT2D eigenvalue weighted by Gasteiger charge is -2.35. The van der Waals surface area contributed by atoms with Gasteiger partial charge in [0.2, 0.25) is 0 Å². The lowest BCUT2D eigenvalue weighted by Crippen LogP contribution is -2.35. The van der Waals surface area contributed by atoms with Crippen LogP contribution in [-0.2, 0) is 4.79 Å². The maximum Gasteiger partial charge on any atom is 0.168 e. The number of aliphatic hydroxyl groups excluding tert-OH is 1. The highest BCUT2D eigenvalue weighted by Gasteiger charge is 2.46. The number of aliphatic imine (C=N–C) groups is 1. The Hall–Kier alpha value is -2.41. The molecule has 1 aliphatic rings. The molecule has 0 aliphatic heterocycles. The van der Waals surface area contributed by atoms with Crippen molar-refractivity contribution in [2.45, 2.75) is 39.2 Å². The van der Waals surface area contributed by atoms with Gasteiger partial charge in [-0.25, -0.2) is 0 Å². The molecule has 1 N–H and O–H groups in total. The lowest BCUT2D eigenvalue weighted by atomic mass is 9.66. The first-order chi connectivity index (χ1) is 10.4. The Morgan fingerprint density at radius 1 is 1.41 bits per heavy atom. The predicted molar refractivity (Wildman–Crippen MR) is 85.8 cm³/mol. The van der Waals surface area contributed by atoms with E-state index < -0.39 is 5.41 Å². The molecule has 4 heteroatoms. The number of nitriles is 1. The van der Waals surface area contributed by atoms with Crippen LogP contribution in [0.3, 0.4) is 0 Å². The molecule has 1 aromatic carbocycles. The van der Waals surface area contributed by atoms with E-state index in [1.807, 2.05) is 44.2 Å². The first-order valence-corrected chi connectivity index (χ1v) is 7.36.